The molecule has 5 rings (SSSR count). The summed E-state index contributed by atoms with van der Waals surface area (Å²) in [5.74, 6) is 2.93. The first-order chi connectivity index (χ1) is 17.1. The number of ether oxygens (including phenoxy) is 3. The molecule has 0 radical (unpaired) electrons. The molecule has 0 saturated carbocycles. The van der Waals surface area contributed by atoms with E-state index in [0.29, 0.717) is 40.9 Å². The van der Waals surface area contributed by atoms with Gasteiger partial charge in [0.1, 0.15) is 17.3 Å². The molecule has 0 bridgehead atoms. The fourth-order valence-corrected chi connectivity index (χ4v) is 4.06. The number of anilines is 1. The largest absolute Gasteiger partial charge is 0.493 e. The Bertz CT molecular complexity index is 1540. The van der Waals surface area contributed by atoms with E-state index in [1.807, 2.05) is 49.4 Å². The Morgan fingerprint density at radius 1 is 0.914 bits per heavy atom. The topological polar surface area (TPSA) is 87.5 Å². The first-order valence-corrected chi connectivity index (χ1v) is 11.2. The second-order valence-electron chi connectivity index (χ2n) is 7.81. The maximum atomic E-state index is 13.0. The Kier molecular flexibility index (Phi) is 5.93. The van der Waals surface area contributed by atoms with Gasteiger partial charge < -0.3 is 19.5 Å². The Hall–Kier alpha value is -4.59. The maximum absolute atomic E-state index is 13.0. The van der Waals surface area contributed by atoms with Crippen molar-refractivity contribution in [2.24, 2.45) is 0 Å². The van der Waals surface area contributed by atoms with Crippen LogP contribution in [0.3, 0.4) is 0 Å². The first-order valence-electron chi connectivity index (χ1n) is 11.2. The van der Waals surface area contributed by atoms with Crippen LogP contribution < -0.4 is 19.5 Å². The third kappa shape index (κ3) is 4.21. The van der Waals surface area contributed by atoms with Gasteiger partial charge in [0.25, 0.3) is 5.91 Å². The minimum Gasteiger partial charge on any atom is -0.493 e. The van der Waals surface area contributed by atoms with Gasteiger partial charge in [0.15, 0.2) is 11.5 Å². The second-order valence-corrected chi connectivity index (χ2v) is 7.81. The van der Waals surface area contributed by atoms with E-state index >= 15 is 0 Å². The highest BCUT2D eigenvalue weighted by atomic mass is 16.5. The van der Waals surface area contributed by atoms with E-state index in [0.717, 1.165) is 21.7 Å². The van der Waals surface area contributed by atoms with Crippen LogP contribution in [0.4, 0.5) is 5.82 Å². The van der Waals surface area contributed by atoms with E-state index in [1.165, 1.54) is 0 Å². The van der Waals surface area contributed by atoms with Crippen molar-refractivity contribution in [1.29, 1.82) is 0 Å². The molecule has 3 aromatic carbocycles. The van der Waals surface area contributed by atoms with Crippen LogP contribution in [0.1, 0.15) is 17.3 Å². The van der Waals surface area contributed by atoms with Crippen LogP contribution in [0.25, 0.3) is 21.7 Å². The number of carbonyl (C=O) groups is 1. The Morgan fingerprint density at radius 2 is 1.74 bits per heavy atom. The molecule has 2 heterocycles. The Labute approximate surface area is 202 Å². The van der Waals surface area contributed by atoms with E-state index in [4.69, 9.17) is 14.2 Å². The van der Waals surface area contributed by atoms with Crippen LogP contribution in [0.15, 0.2) is 73.1 Å². The summed E-state index contributed by atoms with van der Waals surface area (Å²) in [5.41, 5.74) is 1.30. The number of aryl methyl sites for hydroxylation is 1. The number of rotatable bonds is 7. The van der Waals surface area contributed by atoms with Gasteiger partial charge in [-0.1, -0.05) is 12.1 Å². The molecule has 0 aliphatic heterocycles. The van der Waals surface area contributed by atoms with Gasteiger partial charge in [-0.3, -0.25) is 9.78 Å². The zero-order valence-corrected chi connectivity index (χ0v) is 19.6. The van der Waals surface area contributed by atoms with Gasteiger partial charge in [0.05, 0.1) is 25.9 Å². The van der Waals surface area contributed by atoms with Gasteiger partial charge in [0, 0.05) is 35.8 Å². The van der Waals surface area contributed by atoms with Crippen molar-refractivity contribution in [2.75, 3.05) is 19.5 Å². The normalized spacial score (nSPS) is 10.9. The molecule has 0 unspecified atom stereocenters. The zero-order valence-electron chi connectivity index (χ0n) is 19.6. The number of fused-ring (bicyclic) bond motifs is 2. The van der Waals surface area contributed by atoms with E-state index in [2.05, 4.69) is 15.4 Å². The highest BCUT2D eigenvalue weighted by Crippen LogP contribution is 2.37. The third-order valence-corrected chi connectivity index (χ3v) is 5.79. The summed E-state index contributed by atoms with van der Waals surface area (Å²) in [4.78, 5) is 17.4. The molecule has 35 heavy (non-hydrogen) atoms. The number of methoxy groups -OCH3 is 2. The molecule has 176 valence electrons. The Morgan fingerprint density at radius 3 is 2.54 bits per heavy atom. The van der Waals surface area contributed by atoms with Crippen LogP contribution >= 0.6 is 0 Å². The fraction of sp³-hybridized carbons (Fsp3) is 0.148. The van der Waals surface area contributed by atoms with Gasteiger partial charge >= 0.3 is 0 Å². The summed E-state index contributed by atoms with van der Waals surface area (Å²) >= 11 is 0. The number of pyridine rings is 1. The lowest BCUT2D eigenvalue weighted by Crippen LogP contribution is -2.15. The van der Waals surface area contributed by atoms with E-state index in [9.17, 15) is 4.79 Å². The van der Waals surface area contributed by atoms with Crippen LogP contribution in [0.5, 0.6) is 23.0 Å². The maximum Gasteiger partial charge on any atom is 0.257 e. The molecule has 2 aromatic heterocycles. The molecule has 0 spiro atoms. The average molecular weight is 469 g/mol. The highest BCUT2D eigenvalue weighted by Gasteiger charge is 2.14. The average Bonchev–Trinajstić information content (AvgIpc) is 3.34. The standard InChI is InChI=1S/C27H24N4O4/c1-4-31-26(11-13-29-31)30-27(32)20-7-5-6-17-14-18(8-9-19(17)20)35-23-10-12-28-22-16-25(34-3)24(33-2)15-21(22)23/h5-16H,4H2,1-3H3,(H,30,32). The van der Waals surface area contributed by atoms with Crippen LogP contribution in [-0.4, -0.2) is 34.9 Å². The smallest absolute Gasteiger partial charge is 0.257 e. The van der Waals surface area contributed by atoms with Gasteiger partial charge in [-0.05, 0) is 54.1 Å². The molecule has 1 N–H and O–H groups in total. The predicted molar refractivity (Wildman–Crippen MR) is 135 cm³/mol. The summed E-state index contributed by atoms with van der Waals surface area (Å²) in [5, 5.41) is 9.66. The SMILES string of the molecule is CCn1nccc1NC(=O)c1cccc2cc(Oc3ccnc4cc(OC)c(OC)cc34)ccc12. The van der Waals surface area contributed by atoms with Gasteiger partial charge in [0.2, 0.25) is 0 Å². The van der Waals surface area contributed by atoms with Gasteiger partial charge in [-0.25, -0.2) is 4.68 Å². The number of hydrogen-bond acceptors (Lipinski definition) is 6. The van der Waals surface area contributed by atoms with E-state index < -0.39 is 0 Å². The monoisotopic (exact) mass is 468 g/mol. The van der Waals surface area contributed by atoms with E-state index in [1.54, 1.807) is 49.5 Å². The van der Waals surface area contributed by atoms with Gasteiger partial charge in [-0.2, -0.15) is 5.10 Å². The molecule has 0 aliphatic rings. The van der Waals surface area contributed by atoms with Crippen molar-refractivity contribution in [1.82, 2.24) is 14.8 Å². The zero-order chi connectivity index (χ0) is 24.4. The number of amides is 1. The summed E-state index contributed by atoms with van der Waals surface area (Å²) < 4.78 is 18.8. The van der Waals surface area contributed by atoms with Crippen LogP contribution in [0.2, 0.25) is 0 Å². The molecule has 0 saturated heterocycles. The molecule has 8 heteroatoms. The number of benzene rings is 3. The first kappa shape index (κ1) is 22.2. The molecular weight excluding hydrogens is 444 g/mol. The lowest BCUT2D eigenvalue weighted by atomic mass is 10.0. The molecule has 0 aliphatic carbocycles. The molecule has 5 aromatic rings. The van der Waals surface area contributed by atoms with Crippen LogP contribution in [0, 0.1) is 0 Å². The molecule has 8 nitrogen and oxygen atoms in total. The lowest BCUT2D eigenvalue weighted by Gasteiger charge is -2.13. The highest BCUT2D eigenvalue weighted by molar-refractivity contribution is 6.12. The van der Waals surface area contributed by atoms with Crippen molar-refractivity contribution < 1.29 is 19.0 Å². The summed E-state index contributed by atoms with van der Waals surface area (Å²) in [7, 11) is 3.18. The fourth-order valence-electron chi connectivity index (χ4n) is 4.06. The predicted octanol–water partition coefficient (Wildman–Crippen LogP) is 5.67. The number of hydrogen-bond donors (Lipinski definition) is 1. The summed E-state index contributed by atoms with van der Waals surface area (Å²) in [6, 6.07) is 18.5. The molecule has 0 atom stereocenters. The molecule has 1 amide bonds. The van der Waals surface area contributed by atoms with Crippen molar-refractivity contribution in [3.63, 3.8) is 0 Å². The van der Waals surface area contributed by atoms with Crippen molar-refractivity contribution in [2.45, 2.75) is 13.5 Å². The van der Waals surface area contributed by atoms with Crippen LogP contribution in [-0.2, 0) is 6.54 Å². The summed E-state index contributed by atoms with van der Waals surface area (Å²) in [6.45, 7) is 2.64. The number of aromatic nitrogens is 3. The van der Waals surface area contributed by atoms with Gasteiger partial charge in [-0.15, -0.1) is 0 Å². The molecule has 0 fully saturated rings. The molecular formula is C27H24N4O4. The van der Waals surface area contributed by atoms with Crippen molar-refractivity contribution in [3.05, 3.63) is 78.6 Å². The number of nitrogens with zero attached hydrogens (tertiary/aromatic N) is 3. The van der Waals surface area contributed by atoms with E-state index in [-0.39, 0.29) is 5.91 Å². The lowest BCUT2D eigenvalue weighted by molar-refractivity contribution is 0.102. The van der Waals surface area contributed by atoms with Crippen molar-refractivity contribution >= 4 is 33.4 Å². The second kappa shape index (κ2) is 9.34. The number of carbonyl (C=O) groups excluding carboxylic acids is 1. The summed E-state index contributed by atoms with van der Waals surface area (Å²) in [6.07, 6.45) is 3.36. The minimum atomic E-state index is -0.194. The number of nitrogens with one attached hydrogen (secondary N) is 1. The quantitative estimate of drug-likeness (QED) is 0.331. The minimum absolute atomic E-state index is 0.194. The third-order valence-electron chi connectivity index (χ3n) is 5.79. The Balaban J connectivity index is 1.47. The van der Waals surface area contributed by atoms with Crippen molar-refractivity contribution in [3.8, 4) is 23.0 Å².